The Morgan fingerprint density at radius 3 is 2.60 bits per heavy atom. The second-order valence-corrected chi connectivity index (χ2v) is 5.86. The van der Waals surface area contributed by atoms with Crippen LogP contribution in [-0.2, 0) is 0 Å². The molecule has 1 atom stereocenters. The predicted molar refractivity (Wildman–Crippen MR) is 79.3 cm³/mol. The van der Waals surface area contributed by atoms with Crippen LogP contribution < -0.4 is 9.47 Å². The van der Waals surface area contributed by atoms with Crippen molar-refractivity contribution in [2.45, 2.75) is 26.4 Å². The minimum absolute atomic E-state index is 0.497. The maximum absolute atomic E-state index is 10.3. The Bertz CT molecular complexity index is 434. The van der Waals surface area contributed by atoms with Gasteiger partial charge in [-0.25, -0.2) is 0 Å². The third kappa shape index (κ3) is 4.12. The van der Waals surface area contributed by atoms with Gasteiger partial charge in [-0.3, -0.25) is 0 Å². The van der Waals surface area contributed by atoms with E-state index in [0.29, 0.717) is 25.7 Å². The van der Waals surface area contributed by atoms with Crippen molar-refractivity contribution in [3.63, 3.8) is 0 Å². The number of nitrogens with zero attached hydrogens (tertiary/aromatic N) is 1. The summed E-state index contributed by atoms with van der Waals surface area (Å²) in [6, 6.07) is 5.67. The molecule has 4 heteroatoms. The fourth-order valence-corrected chi connectivity index (χ4v) is 2.24. The average Bonchev–Trinajstić information content (AvgIpc) is 2.44. The van der Waals surface area contributed by atoms with Gasteiger partial charge in [0.05, 0.1) is 6.10 Å². The fraction of sp³-hybridized carbons (Fsp3) is 0.625. The highest BCUT2D eigenvalue weighted by Gasteiger charge is 2.16. The molecule has 0 amide bonds. The standard InChI is InChI=1S/C16H25NO3/c1-12(2)6-7-17(3)11-14(18)13-4-5-15-16(10-13)20-9-8-19-15/h4-5,10,12,14,18H,6-9,11H2,1-3H3. The quantitative estimate of drug-likeness (QED) is 0.868. The molecule has 2 rings (SSSR count). The number of rotatable bonds is 6. The number of aliphatic hydroxyl groups excluding tert-OH is 1. The monoisotopic (exact) mass is 279 g/mol. The molecule has 0 spiro atoms. The highest BCUT2D eigenvalue weighted by atomic mass is 16.6. The van der Waals surface area contributed by atoms with Gasteiger partial charge in [0.15, 0.2) is 11.5 Å². The molecular formula is C16H25NO3. The maximum atomic E-state index is 10.3. The molecular weight excluding hydrogens is 254 g/mol. The van der Waals surface area contributed by atoms with Crippen molar-refractivity contribution in [1.82, 2.24) is 4.90 Å². The van der Waals surface area contributed by atoms with E-state index in [0.717, 1.165) is 30.0 Å². The number of hydrogen-bond acceptors (Lipinski definition) is 4. The summed E-state index contributed by atoms with van der Waals surface area (Å²) in [6.45, 7) is 7.22. The van der Waals surface area contributed by atoms with Gasteiger partial charge >= 0.3 is 0 Å². The molecule has 112 valence electrons. The van der Waals surface area contributed by atoms with Crippen molar-refractivity contribution in [3.05, 3.63) is 23.8 Å². The summed E-state index contributed by atoms with van der Waals surface area (Å²) in [5.74, 6) is 2.18. The highest BCUT2D eigenvalue weighted by molar-refractivity contribution is 5.44. The Balaban J connectivity index is 1.93. The molecule has 4 nitrogen and oxygen atoms in total. The van der Waals surface area contributed by atoms with Gasteiger partial charge in [-0.2, -0.15) is 0 Å². The van der Waals surface area contributed by atoms with E-state index >= 15 is 0 Å². The molecule has 0 fully saturated rings. The predicted octanol–water partition coefficient (Wildman–Crippen LogP) is 2.47. The molecule has 0 saturated carbocycles. The number of aliphatic hydroxyl groups is 1. The Kier molecular flexibility index (Phi) is 5.26. The van der Waals surface area contributed by atoms with Crippen molar-refractivity contribution in [2.24, 2.45) is 5.92 Å². The molecule has 0 aliphatic carbocycles. The summed E-state index contributed by atoms with van der Waals surface area (Å²) in [5, 5.41) is 10.3. The third-order valence-corrected chi connectivity index (χ3v) is 3.52. The highest BCUT2D eigenvalue weighted by Crippen LogP contribution is 2.32. The number of ether oxygens (including phenoxy) is 2. The van der Waals surface area contributed by atoms with E-state index < -0.39 is 6.10 Å². The van der Waals surface area contributed by atoms with Crippen LogP contribution in [0, 0.1) is 5.92 Å². The van der Waals surface area contributed by atoms with E-state index in [-0.39, 0.29) is 0 Å². The van der Waals surface area contributed by atoms with Crippen LogP contribution in [0.3, 0.4) is 0 Å². The summed E-state index contributed by atoms with van der Waals surface area (Å²) in [4.78, 5) is 2.17. The molecule has 20 heavy (non-hydrogen) atoms. The Morgan fingerprint density at radius 1 is 1.20 bits per heavy atom. The third-order valence-electron chi connectivity index (χ3n) is 3.52. The molecule has 1 aromatic rings. The number of hydrogen-bond donors (Lipinski definition) is 1. The first-order valence-corrected chi connectivity index (χ1v) is 7.32. The average molecular weight is 279 g/mol. The van der Waals surface area contributed by atoms with Crippen LogP contribution >= 0.6 is 0 Å². The second kappa shape index (κ2) is 6.95. The van der Waals surface area contributed by atoms with Gasteiger partial charge in [-0.1, -0.05) is 19.9 Å². The van der Waals surface area contributed by atoms with Gasteiger partial charge in [0.25, 0.3) is 0 Å². The van der Waals surface area contributed by atoms with E-state index in [1.165, 1.54) is 0 Å². The largest absolute Gasteiger partial charge is 0.486 e. The smallest absolute Gasteiger partial charge is 0.161 e. The molecule has 0 radical (unpaired) electrons. The minimum Gasteiger partial charge on any atom is -0.486 e. The minimum atomic E-state index is -0.497. The van der Waals surface area contributed by atoms with Crippen LogP contribution in [0.1, 0.15) is 31.9 Å². The number of likely N-dealkylation sites (N-methyl/N-ethyl adjacent to an activating group) is 1. The summed E-state index contributed by atoms with van der Waals surface area (Å²) in [5.41, 5.74) is 0.880. The molecule has 0 bridgehead atoms. The van der Waals surface area contributed by atoms with E-state index in [1.807, 2.05) is 25.2 Å². The van der Waals surface area contributed by atoms with Crippen LogP contribution in [0.4, 0.5) is 0 Å². The summed E-state index contributed by atoms with van der Waals surface area (Å²) in [7, 11) is 2.05. The first-order valence-electron chi connectivity index (χ1n) is 7.32. The topological polar surface area (TPSA) is 41.9 Å². The lowest BCUT2D eigenvalue weighted by Crippen LogP contribution is -2.26. The summed E-state index contributed by atoms with van der Waals surface area (Å²) >= 11 is 0. The zero-order valence-corrected chi connectivity index (χ0v) is 12.6. The zero-order valence-electron chi connectivity index (χ0n) is 12.6. The lowest BCUT2D eigenvalue weighted by Gasteiger charge is -2.23. The van der Waals surface area contributed by atoms with Crippen molar-refractivity contribution in [3.8, 4) is 11.5 Å². The van der Waals surface area contributed by atoms with Gasteiger partial charge in [0.2, 0.25) is 0 Å². The Labute approximate surface area is 121 Å². The van der Waals surface area contributed by atoms with Gasteiger partial charge < -0.3 is 19.5 Å². The molecule has 0 aromatic heterocycles. The van der Waals surface area contributed by atoms with E-state index in [1.54, 1.807) is 0 Å². The molecule has 1 aliphatic heterocycles. The van der Waals surface area contributed by atoms with Crippen molar-refractivity contribution in [2.75, 3.05) is 33.4 Å². The lowest BCUT2D eigenvalue weighted by atomic mass is 10.1. The fourth-order valence-electron chi connectivity index (χ4n) is 2.24. The Morgan fingerprint density at radius 2 is 1.90 bits per heavy atom. The number of fused-ring (bicyclic) bond motifs is 1. The van der Waals surface area contributed by atoms with Crippen LogP contribution in [-0.4, -0.2) is 43.4 Å². The van der Waals surface area contributed by atoms with Crippen LogP contribution in [0.2, 0.25) is 0 Å². The molecule has 1 N–H and O–H groups in total. The van der Waals surface area contributed by atoms with Gasteiger partial charge in [-0.15, -0.1) is 0 Å². The van der Waals surface area contributed by atoms with Crippen LogP contribution in [0.5, 0.6) is 11.5 Å². The van der Waals surface area contributed by atoms with Crippen LogP contribution in [0.25, 0.3) is 0 Å². The molecule has 1 aromatic carbocycles. The first kappa shape index (κ1) is 15.1. The molecule has 1 unspecified atom stereocenters. The zero-order chi connectivity index (χ0) is 14.5. The van der Waals surface area contributed by atoms with Crippen molar-refractivity contribution in [1.29, 1.82) is 0 Å². The maximum Gasteiger partial charge on any atom is 0.161 e. The van der Waals surface area contributed by atoms with Crippen LogP contribution in [0.15, 0.2) is 18.2 Å². The van der Waals surface area contributed by atoms with Gasteiger partial charge in [-0.05, 0) is 43.6 Å². The number of benzene rings is 1. The lowest BCUT2D eigenvalue weighted by molar-refractivity contribution is 0.123. The second-order valence-electron chi connectivity index (χ2n) is 5.86. The SMILES string of the molecule is CC(C)CCN(C)CC(O)c1ccc2c(c1)OCCO2. The first-order chi connectivity index (χ1) is 9.56. The molecule has 1 heterocycles. The van der Waals surface area contributed by atoms with Gasteiger partial charge in [0.1, 0.15) is 13.2 Å². The summed E-state index contributed by atoms with van der Waals surface area (Å²) in [6.07, 6.45) is 0.646. The summed E-state index contributed by atoms with van der Waals surface area (Å²) < 4.78 is 11.0. The van der Waals surface area contributed by atoms with E-state index in [2.05, 4.69) is 18.7 Å². The van der Waals surface area contributed by atoms with Crippen molar-refractivity contribution >= 4 is 0 Å². The molecule has 0 saturated heterocycles. The van der Waals surface area contributed by atoms with E-state index in [9.17, 15) is 5.11 Å². The van der Waals surface area contributed by atoms with Gasteiger partial charge in [0, 0.05) is 6.54 Å². The Hall–Kier alpha value is -1.26. The van der Waals surface area contributed by atoms with Crippen molar-refractivity contribution < 1.29 is 14.6 Å². The van der Waals surface area contributed by atoms with E-state index in [4.69, 9.17) is 9.47 Å². The molecule has 1 aliphatic rings. The normalized spacial score (nSPS) is 15.7.